The number of benzene rings is 2. The van der Waals surface area contributed by atoms with Crippen molar-refractivity contribution in [3.8, 4) is 11.1 Å². The minimum absolute atomic E-state index is 0.179. The van der Waals surface area contributed by atoms with Gasteiger partial charge in [0, 0.05) is 5.92 Å². The molecule has 24 heavy (non-hydrogen) atoms. The van der Waals surface area contributed by atoms with Crippen molar-refractivity contribution in [3.05, 3.63) is 59.7 Å². The van der Waals surface area contributed by atoms with Crippen molar-refractivity contribution in [3.63, 3.8) is 0 Å². The van der Waals surface area contributed by atoms with Crippen LogP contribution in [0.2, 0.25) is 0 Å². The molecule has 4 rings (SSSR count). The summed E-state index contributed by atoms with van der Waals surface area (Å²) < 4.78 is 5.91. The number of rotatable bonds is 2. The summed E-state index contributed by atoms with van der Waals surface area (Å²) in [6.45, 7) is 4.06. The summed E-state index contributed by atoms with van der Waals surface area (Å²) >= 11 is 0. The Kier molecular flexibility index (Phi) is 3.69. The molecule has 1 atom stereocenters. The predicted molar refractivity (Wildman–Crippen MR) is 96.2 cm³/mol. The van der Waals surface area contributed by atoms with Gasteiger partial charge in [-0.25, -0.2) is 4.99 Å². The molecule has 1 heterocycles. The molecule has 0 saturated heterocycles. The zero-order valence-corrected chi connectivity index (χ0v) is 14.2. The quantitative estimate of drug-likeness (QED) is 0.917. The predicted octanol–water partition coefficient (Wildman–Crippen LogP) is 3.64. The van der Waals surface area contributed by atoms with E-state index >= 15 is 0 Å². The maximum absolute atomic E-state index is 10.2. The average Bonchev–Trinajstić information content (AvgIpc) is 3.00. The third-order valence-corrected chi connectivity index (χ3v) is 5.09. The first-order valence-corrected chi connectivity index (χ1v) is 8.61. The van der Waals surface area contributed by atoms with Gasteiger partial charge in [-0.15, -0.1) is 0 Å². The fourth-order valence-electron chi connectivity index (χ4n) is 3.68. The lowest BCUT2D eigenvalue weighted by Crippen LogP contribution is -2.35. The van der Waals surface area contributed by atoms with E-state index < -0.39 is 5.60 Å². The van der Waals surface area contributed by atoms with Crippen molar-refractivity contribution in [2.75, 3.05) is 6.61 Å². The maximum atomic E-state index is 10.2. The Hall–Kier alpha value is -2.13. The van der Waals surface area contributed by atoms with Gasteiger partial charge in [0.15, 0.2) is 5.90 Å². The molecule has 0 amide bonds. The van der Waals surface area contributed by atoms with Crippen molar-refractivity contribution < 1.29 is 9.84 Å². The van der Waals surface area contributed by atoms with Crippen LogP contribution < -0.4 is 0 Å². The maximum Gasteiger partial charge on any atom is 0.187 e. The number of aliphatic imine (C=N–C) groups is 1. The van der Waals surface area contributed by atoms with Crippen LogP contribution in [0.1, 0.15) is 25.0 Å². The van der Waals surface area contributed by atoms with Crippen molar-refractivity contribution in [2.24, 2.45) is 10.9 Å². The van der Waals surface area contributed by atoms with Gasteiger partial charge in [0.05, 0.1) is 5.60 Å². The summed E-state index contributed by atoms with van der Waals surface area (Å²) in [5.74, 6) is 1.02. The highest BCUT2D eigenvalue weighted by Crippen LogP contribution is 2.35. The van der Waals surface area contributed by atoms with E-state index in [2.05, 4.69) is 48.5 Å². The second-order valence-electron chi connectivity index (χ2n) is 7.37. The highest BCUT2D eigenvalue weighted by atomic mass is 16.5. The Labute approximate surface area is 143 Å². The number of nitrogens with zero attached hydrogens (tertiary/aromatic N) is 1. The summed E-state index contributed by atoms with van der Waals surface area (Å²) in [5.41, 5.74) is 4.46. The summed E-state index contributed by atoms with van der Waals surface area (Å²) in [6, 6.07) is 17.0. The molecule has 2 aromatic carbocycles. The van der Waals surface area contributed by atoms with Crippen molar-refractivity contribution >= 4 is 5.90 Å². The molecule has 0 spiro atoms. The van der Waals surface area contributed by atoms with E-state index in [0.717, 1.165) is 18.7 Å². The van der Waals surface area contributed by atoms with Gasteiger partial charge in [0.25, 0.3) is 0 Å². The third-order valence-electron chi connectivity index (χ3n) is 5.09. The lowest BCUT2D eigenvalue weighted by molar-refractivity contribution is 0.0433. The standard InChI is InChI=1S/C21H23NO2/c1-21(2,23)19-13-24-20(22-19)16-11-14-7-3-5-9-17(14)18-10-6-4-8-15(18)12-16/h3-10,16,19,23H,11-13H2,1-2H3/t19-/m0/s1. The molecule has 2 aliphatic rings. The summed E-state index contributed by atoms with van der Waals surface area (Å²) in [6.07, 6.45) is 1.84. The van der Waals surface area contributed by atoms with Gasteiger partial charge in [-0.2, -0.15) is 0 Å². The van der Waals surface area contributed by atoms with Crippen molar-refractivity contribution in [2.45, 2.75) is 38.3 Å². The van der Waals surface area contributed by atoms with Gasteiger partial charge in [-0.3, -0.25) is 0 Å². The van der Waals surface area contributed by atoms with Gasteiger partial charge in [-0.05, 0) is 48.9 Å². The molecule has 1 aliphatic carbocycles. The fraction of sp³-hybridized carbons (Fsp3) is 0.381. The van der Waals surface area contributed by atoms with Gasteiger partial charge in [0.2, 0.25) is 0 Å². The normalized spacial score (nSPS) is 20.6. The minimum atomic E-state index is -0.845. The summed E-state index contributed by atoms with van der Waals surface area (Å²) in [7, 11) is 0. The van der Waals surface area contributed by atoms with Crippen LogP contribution in [-0.2, 0) is 17.6 Å². The molecule has 1 aliphatic heterocycles. The Bertz CT molecular complexity index is 741. The van der Waals surface area contributed by atoms with Crippen LogP contribution in [0, 0.1) is 5.92 Å². The van der Waals surface area contributed by atoms with Crippen LogP contribution in [0.5, 0.6) is 0 Å². The number of hydrogen-bond acceptors (Lipinski definition) is 3. The Morgan fingerprint density at radius 3 is 2.00 bits per heavy atom. The lowest BCUT2D eigenvalue weighted by Gasteiger charge is -2.20. The zero-order valence-electron chi connectivity index (χ0n) is 14.2. The van der Waals surface area contributed by atoms with Crippen LogP contribution >= 0.6 is 0 Å². The van der Waals surface area contributed by atoms with E-state index in [4.69, 9.17) is 9.73 Å². The van der Waals surface area contributed by atoms with E-state index in [9.17, 15) is 5.11 Å². The van der Waals surface area contributed by atoms with Crippen LogP contribution in [0.25, 0.3) is 11.1 Å². The second kappa shape index (κ2) is 5.75. The van der Waals surface area contributed by atoms with Gasteiger partial charge < -0.3 is 9.84 Å². The van der Waals surface area contributed by atoms with Crippen LogP contribution in [0.4, 0.5) is 0 Å². The highest BCUT2D eigenvalue weighted by Gasteiger charge is 2.35. The van der Waals surface area contributed by atoms with Crippen LogP contribution in [-0.4, -0.2) is 29.3 Å². The SMILES string of the molecule is CC(C)(O)[C@@H]1COC(C2Cc3ccccc3-c3ccccc3C2)=N1. The molecule has 124 valence electrons. The summed E-state index contributed by atoms with van der Waals surface area (Å²) in [5, 5.41) is 10.2. The molecule has 0 aromatic heterocycles. The molecule has 2 aromatic rings. The highest BCUT2D eigenvalue weighted by molar-refractivity contribution is 5.83. The van der Waals surface area contributed by atoms with Gasteiger partial charge in [0.1, 0.15) is 12.6 Å². The fourth-order valence-corrected chi connectivity index (χ4v) is 3.68. The van der Waals surface area contributed by atoms with Crippen LogP contribution in [0.3, 0.4) is 0 Å². The molecular weight excluding hydrogens is 298 g/mol. The molecule has 3 heteroatoms. The number of hydrogen-bond donors (Lipinski definition) is 1. The first kappa shape index (κ1) is 15.4. The molecule has 0 bridgehead atoms. The average molecular weight is 321 g/mol. The van der Waals surface area contributed by atoms with E-state index in [1.165, 1.54) is 22.3 Å². The lowest BCUT2D eigenvalue weighted by atomic mass is 9.95. The van der Waals surface area contributed by atoms with E-state index in [0.29, 0.717) is 6.61 Å². The second-order valence-corrected chi connectivity index (χ2v) is 7.37. The molecular formula is C21H23NO2. The molecule has 0 radical (unpaired) electrons. The molecule has 0 fully saturated rings. The van der Waals surface area contributed by atoms with E-state index in [1.807, 2.05) is 0 Å². The smallest absolute Gasteiger partial charge is 0.187 e. The minimum Gasteiger partial charge on any atom is -0.478 e. The van der Waals surface area contributed by atoms with Gasteiger partial charge in [-0.1, -0.05) is 48.5 Å². The number of ether oxygens (including phenoxy) is 1. The molecule has 0 saturated carbocycles. The third kappa shape index (κ3) is 2.73. The Morgan fingerprint density at radius 2 is 1.50 bits per heavy atom. The zero-order chi connectivity index (χ0) is 16.7. The number of fused-ring (bicyclic) bond motifs is 3. The van der Waals surface area contributed by atoms with Gasteiger partial charge >= 0.3 is 0 Å². The first-order valence-electron chi connectivity index (χ1n) is 8.61. The largest absolute Gasteiger partial charge is 0.478 e. The monoisotopic (exact) mass is 321 g/mol. The Balaban J connectivity index is 1.74. The molecule has 3 nitrogen and oxygen atoms in total. The molecule has 1 N–H and O–H groups in total. The Morgan fingerprint density at radius 1 is 0.958 bits per heavy atom. The van der Waals surface area contributed by atoms with Crippen molar-refractivity contribution in [1.29, 1.82) is 0 Å². The number of aliphatic hydroxyl groups is 1. The van der Waals surface area contributed by atoms with E-state index in [-0.39, 0.29) is 12.0 Å². The van der Waals surface area contributed by atoms with Crippen LogP contribution in [0.15, 0.2) is 53.5 Å². The van der Waals surface area contributed by atoms with Crippen molar-refractivity contribution in [1.82, 2.24) is 0 Å². The summed E-state index contributed by atoms with van der Waals surface area (Å²) in [4.78, 5) is 4.71. The van der Waals surface area contributed by atoms with E-state index in [1.54, 1.807) is 13.8 Å². The topological polar surface area (TPSA) is 41.8 Å². The molecule has 0 unspecified atom stereocenters. The first-order chi connectivity index (χ1) is 11.5.